The van der Waals surface area contributed by atoms with E-state index < -0.39 is 19.5 Å². The highest BCUT2D eigenvalue weighted by atomic mass is 28.3. The van der Waals surface area contributed by atoms with Crippen molar-refractivity contribution in [3.63, 3.8) is 0 Å². The van der Waals surface area contributed by atoms with Gasteiger partial charge in [-0.3, -0.25) is 14.8 Å². The van der Waals surface area contributed by atoms with Crippen LogP contribution in [0.4, 0.5) is 15.0 Å². The molecular weight excluding hydrogens is 744 g/mol. The van der Waals surface area contributed by atoms with E-state index >= 15 is 4.39 Å². The highest BCUT2D eigenvalue weighted by Gasteiger charge is 2.46. The van der Waals surface area contributed by atoms with Crippen LogP contribution in [-0.2, 0) is 4.74 Å². The summed E-state index contributed by atoms with van der Waals surface area (Å²) in [6.07, 6.45) is 9.89. The van der Waals surface area contributed by atoms with Crippen LogP contribution in [0.1, 0.15) is 93.6 Å². The van der Waals surface area contributed by atoms with Gasteiger partial charge in [0.25, 0.3) is 0 Å². The van der Waals surface area contributed by atoms with Crippen LogP contribution in [0.3, 0.4) is 0 Å². The second-order valence-corrected chi connectivity index (χ2v) is 24.5. The Morgan fingerprint density at radius 3 is 2.21 bits per heavy atom. The van der Waals surface area contributed by atoms with Crippen LogP contribution in [0.2, 0.25) is 16.6 Å². The fourth-order valence-electron chi connectivity index (χ4n) is 10.7. The molecule has 6 heterocycles. The Hall–Kier alpha value is -4.53. The quantitative estimate of drug-likeness (QED) is 0.0990. The normalized spacial score (nSPS) is 20.4. The van der Waals surface area contributed by atoms with E-state index in [9.17, 15) is 4.79 Å². The number of pyridine rings is 1. The van der Waals surface area contributed by atoms with Gasteiger partial charge in [0.2, 0.25) is 0 Å². The molecule has 2 aromatic heterocycles. The van der Waals surface area contributed by atoms with Crippen molar-refractivity contribution >= 4 is 41.7 Å². The average Bonchev–Trinajstić information content (AvgIpc) is 3.83. The first-order chi connectivity index (χ1) is 27.6. The smallest absolute Gasteiger partial charge is 0.411 e. The van der Waals surface area contributed by atoms with Gasteiger partial charge in [0.15, 0.2) is 5.82 Å². The molecule has 2 bridgehead atoms. The Morgan fingerprint density at radius 2 is 1.59 bits per heavy atom. The molecule has 9 nitrogen and oxygen atoms in total. The Bertz CT molecular complexity index is 2270. The lowest BCUT2D eigenvalue weighted by atomic mass is 9.95. The highest BCUT2D eigenvalue weighted by molar-refractivity contribution is 6.90. The SMILES string of the molecule is CC(C)[Si](C#Cc1cccc2cccc(-c3ncc4c(N5C[C@H]6C=C[C@@H](C5)N6C(=O)OC(C)(C)C)nc(OCC56CCCN5CCC6)nc4c3F)c12)(C(C)C)C(C)C. The molecule has 2 atom stereocenters. The molecule has 11 heteroatoms. The number of ether oxygens (including phenoxy) is 2. The fourth-order valence-corrected chi connectivity index (χ4v) is 15.9. The summed E-state index contributed by atoms with van der Waals surface area (Å²) in [5.74, 6) is 3.69. The molecular formula is C47H59FN6O3Si. The minimum Gasteiger partial charge on any atom is -0.461 e. The molecule has 4 aromatic rings. The summed E-state index contributed by atoms with van der Waals surface area (Å²) in [6.45, 7) is 23.0. The number of benzene rings is 2. The summed E-state index contributed by atoms with van der Waals surface area (Å²) >= 11 is 0. The molecule has 0 N–H and O–H groups in total. The van der Waals surface area contributed by atoms with E-state index in [4.69, 9.17) is 24.4 Å². The van der Waals surface area contributed by atoms with Crippen LogP contribution in [0, 0.1) is 17.3 Å². The standard InChI is InChI=1S/C47H59FN6O3Si/c1-30(2)58(31(3)4,32(5)6)25-20-34-15-10-14-33-16-11-17-37(39(33)34)41-40(48)42-38(26-49-41)43(51-44(50-42)56-29-47-21-12-23-53(47)24-13-22-47)52-27-35-18-19-36(28-52)54(35)45(55)57-46(7,8)9/h10-11,14-19,26,30-32,35-36H,12-13,21-24,27-29H2,1-9H3/t35-,36+. The topological polar surface area (TPSA) is 83.9 Å². The Kier molecular flexibility index (Phi) is 10.6. The zero-order valence-electron chi connectivity index (χ0n) is 35.7. The largest absolute Gasteiger partial charge is 0.461 e. The lowest BCUT2D eigenvalue weighted by Crippen LogP contribution is -2.57. The summed E-state index contributed by atoms with van der Waals surface area (Å²) in [7, 11) is -2.05. The third-order valence-electron chi connectivity index (χ3n) is 13.4. The maximum Gasteiger partial charge on any atom is 0.411 e. The third kappa shape index (κ3) is 7.04. The number of hydrogen-bond acceptors (Lipinski definition) is 8. The molecule has 1 amide bonds. The second kappa shape index (κ2) is 15.2. The molecule has 0 radical (unpaired) electrons. The van der Waals surface area contributed by atoms with E-state index in [-0.39, 0.29) is 40.9 Å². The van der Waals surface area contributed by atoms with Gasteiger partial charge in [-0.25, -0.2) is 9.18 Å². The van der Waals surface area contributed by atoms with Crippen molar-refractivity contribution in [3.05, 3.63) is 66.1 Å². The number of piperazine rings is 1. The van der Waals surface area contributed by atoms with Crippen molar-refractivity contribution in [2.24, 2.45) is 0 Å². The van der Waals surface area contributed by atoms with Gasteiger partial charge in [-0.15, -0.1) is 5.54 Å². The molecule has 3 saturated heterocycles. The van der Waals surface area contributed by atoms with Crippen molar-refractivity contribution in [1.82, 2.24) is 24.8 Å². The van der Waals surface area contributed by atoms with Crippen LogP contribution in [0.5, 0.6) is 6.01 Å². The van der Waals surface area contributed by atoms with E-state index in [0.717, 1.165) is 55.1 Å². The predicted octanol–water partition coefficient (Wildman–Crippen LogP) is 9.92. The van der Waals surface area contributed by atoms with Crippen molar-refractivity contribution in [1.29, 1.82) is 0 Å². The number of nitrogens with zero attached hydrogens (tertiary/aromatic N) is 6. The molecule has 306 valence electrons. The molecule has 3 fully saturated rings. The maximum atomic E-state index is 17.5. The van der Waals surface area contributed by atoms with Crippen LogP contribution in [-0.4, -0.2) is 94.9 Å². The molecule has 4 aliphatic rings. The Morgan fingerprint density at radius 1 is 0.948 bits per heavy atom. The summed E-state index contributed by atoms with van der Waals surface area (Å²) in [5, 5.41) is 2.37. The molecule has 0 aliphatic carbocycles. The number of halogens is 1. The number of hydrogen-bond donors (Lipinski definition) is 0. The van der Waals surface area contributed by atoms with E-state index in [2.05, 4.69) is 93.2 Å². The maximum absolute atomic E-state index is 17.5. The third-order valence-corrected chi connectivity index (χ3v) is 19.6. The van der Waals surface area contributed by atoms with Crippen LogP contribution in [0.15, 0.2) is 54.7 Å². The minimum atomic E-state index is -2.05. The van der Waals surface area contributed by atoms with Gasteiger partial charge in [-0.2, -0.15) is 9.97 Å². The number of aromatic nitrogens is 3. The first-order valence-electron chi connectivity index (χ1n) is 21.4. The van der Waals surface area contributed by atoms with Crippen LogP contribution < -0.4 is 9.64 Å². The zero-order chi connectivity index (χ0) is 41.1. The van der Waals surface area contributed by atoms with E-state index in [1.807, 2.05) is 39.0 Å². The Balaban J connectivity index is 1.23. The van der Waals surface area contributed by atoms with Gasteiger partial charge in [0.1, 0.15) is 37.3 Å². The molecule has 58 heavy (non-hydrogen) atoms. The summed E-state index contributed by atoms with van der Waals surface area (Å²) in [4.78, 5) is 34.5. The van der Waals surface area contributed by atoms with Crippen molar-refractivity contribution in [2.75, 3.05) is 37.7 Å². The molecule has 0 unspecified atom stereocenters. The first kappa shape index (κ1) is 40.3. The summed E-state index contributed by atoms with van der Waals surface area (Å²) < 4.78 is 29.9. The van der Waals surface area contributed by atoms with Crippen molar-refractivity contribution in [3.8, 4) is 28.7 Å². The summed E-state index contributed by atoms with van der Waals surface area (Å²) in [6, 6.07) is 11.8. The number of anilines is 1. The van der Waals surface area contributed by atoms with Gasteiger partial charge in [-0.05, 0) is 87.6 Å². The van der Waals surface area contributed by atoms with Gasteiger partial charge >= 0.3 is 12.1 Å². The first-order valence-corrected chi connectivity index (χ1v) is 23.6. The number of carbonyl (C=O) groups is 1. The van der Waals surface area contributed by atoms with E-state index in [1.54, 1.807) is 11.1 Å². The van der Waals surface area contributed by atoms with Crippen molar-refractivity contribution in [2.45, 2.75) is 128 Å². The van der Waals surface area contributed by atoms with Crippen LogP contribution >= 0.6 is 0 Å². The fraction of sp³-hybridized carbons (Fsp3) is 0.532. The average molecular weight is 803 g/mol. The molecule has 0 saturated carbocycles. The van der Waals surface area contributed by atoms with Gasteiger partial charge in [0.05, 0.1) is 23.0 Å². The van der Waals surface area contributed by atoms with E-state index in [0.29, 0.717) is 53.1 Å². The van der Waals surface area contributed by atoms with Crippen LogP contribution in [0.25, 0.3) is 32.9 Å². The number of rotatable bonds is 8. The zero-order valence-corrected chi connectivity index (χ0v) is 36.7. The number of amides is 1. The lowest BCUT2D eigenvalue weighted by Gasteiger charge is -2.42. The van der Waals surface area contributed by atoms with Crippen molar-refractivity contribution < 1.29 is 18.7 Å². The number of fused-ring (bicyclic) bond motifs is 5. The monoisotopic (exact) mass is 802 g/mol. The van der Waals surface area contributed by atoms with E-state index in [1.165, 1.54) is 0 Å². The van der Waals surface area contributed by atoms with Gasteiger partial charge in [-0.1, -0.05) is 89.9 Å². The predicted molar refractivity (Wildman–Crippen MR) is 233 cm³/mol. The highest BCUT2D eigenvalue weighted by Crippen LogP contribution is 2.43. The second-order valence-electron chi connectivity index (χ2n) is 18.9. The molecule has 0 spiro atoms. The molecule has 2 aromatic carbocycles. The minimum absolute atomic E-state index is 0.0377. The summed E-state index contributed by atoms with van der Waals surface area (Å²) in [5.41, 5.74) is 6.62. The molecule has 4 aliphatic heterocycles. The molecule has 8 rings (SSSR count). The van der Waals surface area contributed by atoms with Gasteiger partial charge < -0.3 is 14.4 Å². The Labute approximate surface area is 344 Å². The number of carbonyl (C=O) groups excluding carboxylic acids is 1. The van der Waals surface area contributed by atoms with Gasteiger partial charge in [0, 0.05) is 35.8 Å². The lowest BCUT2D eigenvalue weighted by molar-refractivity contribution is 0.0146.